The number of aromatic nitrogens is 2. The number of nitro groups is 1. The van der Waals surface area contributed by atoms with Crippen molar-refractivity contribution in [3.8, 4) is 17.3 Å². The Morgan fingerprint density at radius 1 is 1.17 bits per heavy atom. The van der Waals surface area contributed by atoms with Gasteiger partial charge in [0.25, 0.3) is 11.2 Å². The molecule has 0 fully saturated rings. The first kappa shape index (κ1) is 19.5. The number of H-pyrrole nitrogens is 1. The third-order valence-electron chi connectivity index (χ3n) is 4.44. The predicted octanol–water partition coefficient (Wildman–Crippen LogP) is 2.21. The lowest BCUT2D eigenvalue weighted by Crippen LogP contribution is -2.31. The Labute approximate surface area is 163 Å². The van der Waals surface area contributed by atoms with Crippen molar-refractivity contribution in [3.05, 3.63) is 84.0 Å². The quantitative estimate of drug-likeness (QED) is 0.349. The average molecular weight is 396 g/mol. The summed E-state index contributed by atoms with van der Waals surface area (Å²) < 4.78 is 0.929. The fraction of sp³-hybridized carbons (Fsp3) is 0.105. The van der Waals surface area contributed by atoms with Crippen LogP contribution in [0.25, 0.3) is 5.69 Å². The second kappa shape index (κ2) is 7.43. The van der Waals surface area contributed by atoms with Crippen LogP contribution in [0.4, 0.5) is 11.4 Å². The molecule has 0 radical (unpaired) electrons. The van der Waals surface area contributed by atoms with Gasteiger partial charge in [-0.05, 0) is 37.1 Å². The predicted molar refractivity (Wildman–Crippen MR) is 106 cm³/mol. The Morgan fingerprint density at radius 3 is 2.59 bits per heavy atom. The number of nitrogens with one attached hydrogen (secondary N) is 1. The lowest BCUT2D eigenvalue weighted by Gasteiger charge is -2.13. The largest absolute Gasteiger partial charge is 0.506 e. The van der Waals surface area contributed by atoms with E-state index in [1.54, 1.807) is 19.1 Å². The highest BCUT2D eigenvalue weighted by molar-refractivity contribution is 5.85. The Balaban J connectivity index is 2.17. The first-order valence-corrected chi connectivity index (χ1v) is 8.37. The molecule has 0 saturated carbocycles. The molecule has 1 aromatic heterocycles. The zero-order valence-corrected chi connectivity index (χ0v) is 15.4. The van der Waals surface area contributed by atoms with Crippen LogP contribution >= 0.6 is 0 Å². The van der Waals surface area contributed by atoms with Crippen molar-refractivity contribution in [1.82, 2.24) is 9.55 Å². The molecule has 3 N–H and O–H groups in total. The first-order valence-electron chi connectivity index (χ1n) is 8.37. The number of nitrogens with zero attached hydrogens (tertiary/aromatic N) is 3. The van der Waals surface area contributed by atoms with Gasteiger partial charge in [-0.25, -0.2) is 9.36 Å². The van der Waals surface area contributed by atoms with Gasteiger partial charge >= 0.3 is 5.69 Å². The zero-order valence-electron chi connectivity index (χ0n) is 15.4. The summed E-state index contributed by atoms with van der Waals surface area (Å²) in [6.07, 6.45) is 0.925. The molecule has 0 aliphatic heterocycles. The van der Waals surface area contributed by atoms with E-state index in [-0.39, 0.29) is 22.7 Å². The van der Waals surface area contributed by atoms with Gasteiger partial charge in [0.1, 0.15) is 17.0 Å². The van der Waals surface area contributed by atoms with Crippen molar-refractivity contribution in [1.29, 1.82) is 0 Å². The molecule has 3 rings (SSSR count). The second-order valence-electron chi connectivity index (χ2n) is 6.24. The number of aliphatic imine (C=N–C) groups is 1. The number of phenolic OH excluding ortho intramolecular Hbond substituents is 1. The smallest absolute Gasteiger partial charge is 0.335 e. The van der Waals surface area contributed by atoms with Gasteiger partial charge in [0, 0.05) is 18.3 Å². The summed E-state index contributed by atoms with van der Waals surface area (Å²) in [6.45, 7) is 3.59. The molecule has 0 bridgehead atoms. The third-order valence-corrected chi connectivity index (χ3v) is 4.44. The van der Waals surface area contributed by atoms with E-state index in [4.69, 9.17) is 0 Å². The summed E-state index contributed by atoms with van der Waals surface area (Å²) in [7, 11) is 0. The van der Waals surface area contributed by atoms with E-state index in [1.165, 1.54) is 0 Å². The number of aromatic hydroxyl groups is 2. The number of hydrogen-bond acceptors (Lipinski definition) is 7. The van der Waals surface area contributed by atoms with E-state index in [0.717, 1.165) is 40.1 Å². The van der Waals surface area contributed by atoms with Crippen LogP contribution in [0.15, 0.2) is 51.0 Å². The lowest BCUT2D eigenvalue weighted by atomic mass is 10.1. The molecule has 1 heterocycles. The molecule has 0 spiro atoms. The van der Waals surface area contributed by atoms with Crippen molar-refractivity contribution in [2.24, 2.45) is 4.99 Å². The van der Waals surface area contributed by atoms with Gasteiger partial charge in [-0.3, -0.25) is 24.9 Å². The fourth-order valence-electron chi connectivity index (χ4n) is 2.72. The molecule has 0 aliphatic rings. The number of phenols is 1. The molecule has 10 nitrogen and oxygen atoms in total. The van der Waals surface area contributed by atoms with Crippen LogP contribution in [-0.4, -0.2) is 30.9 Å². The maximum atomic E-state index is 12.3. The second-order valence-corrected chi connectivity index (χ2v) is 6.24. The first-order chi connectivity index (χ1) is 13.7. The van der Waals surface area contributed by atoms with Crippen molar-refractivity contribution < 1.29 is 15.1 Å². The molecule has 0 saturated heterocycles. The zero-order chi connectivity index (χ0) is 21.3. The molecular weight excluding hydrogens is 380 g/mol. The number of benzene rings is 2. The Kier molecular flexibility index (Phi) is 5.01. The molecular formula is C19H16N4O6. The molecule has 0 atom stereocenters. The highest BCUT2D eigenvalue weighted by atomic mass is 16.6. The van der Waals surface area contributed by atoms with Crippen LogP contribution in [-0.2, 0) is 0 Å². The van der Waals surface area contributed by atoms with Crippen molar-refractivity contribution in [3.63, 3.8) is 0 Å². The monoisotopic (exact) mass is 396 g/mol. The summed E-state index contributed by atoms with van der Waals surface area (Å²) in [6, 6.07) is 8.34. The molecule has 10 heteroatoms. The Hall–Kier alpha value is -4.21. The van der Waals surface area contributed by atoms with Crippen molar-refractivity contribution in [2.45, 2.75) is 13.8 Å². The molecule has 2 aromatic carbocycles. The van der Waals surface area contributed by atoms with Crippen LogP contribution in [0, 0.1) is 24.0 Å². The van der Waals surface area contributed by atoms with E-state index in [9.17, 15) is 29.9 Å². The van der Waals surface area contributed by atoms with Crippen LogP contribution in [0.5, 0.6) is 11.6 Å². The minimum atomic E-state index is -0.900. The van der Waals surface area contributed by atoms with Gasteiger partial charge in [-0.2, -0.15) is 0 Å². The molecule has 0 aliphatic carbocycles. The van der Waals surface area contributed by atoms with E-state index in [1.807, 2.05) is 13.0 Å². The van der Waals surface area contributed by atoms with Gasteiger partial charge in [0.05, 0.1) is 10.6 Å². The fourth-order valence-corrected chi connectivity index (χ4v) is 2.72. The van der Waals surface area contributed by atoms with Crippen molar-refractivity contribution in [2.75, 3.05) is 0 Å². The van der Waals surface area contributed by atoms with E-state index in [0.29, 0.717) is 5.69 Å². The number of rotatable bonds is 4. The lowest BCUT2D eigenvalue weighted by molar-refractivity contribution is -0.384. The summed E-state index contributed by atoms with van der Waals surface area (Å²) >= 11 is 0. The van der Waals surface area contributed by atoms with Crippen LogP contribution in [0.1, 0.15) is 16.7 Å². The highest BCUT2D eigenvalue weighted by Gasteiger charge is 2.17. The van der Waals surface area contributed by atoms with Crippen LogP contribution in [0.2, 0.25) is 0 Å². The molecule has 0 amide bonds. The summed E-state index contributed by atoms with van der Waals surface area (Å²) in [5, 5.41) is 31.3. The minimum absolute atomic E-state index is 0.178. The van der Waals surface area contributed by atoms with Gasteiger partial charge in [-0.15, -0.1) is 0 Å². The maximum Gasteiger partial charge on any atom is 0.335 e. The van der Waals surface area contributed by atoms with E-state index < -0.39 is 22.1 Å². The van der Waals surface area contributed by atoms with Crippen LogP contribution in [0.3, 0.4) is 0 Å². The molecule has 148 valence electrons. The summed E-state index contributed by atoms with van der Waals surface area (Å²) in [4.78, 5) is 40.7. The van der Waals surface area contributed by atoms with Gasteiger partial charge in [0.15, 0.2) is 0 Å². The maximum absolute atomic E-state index is 12.3. The Bertz CT molecular complexity index is 1270. The van der Waals surface area contributed by atoms with Crippen molar-refractivity contribution >= 4 is 17.6 Å². The number of nitro benzene ring substituents is 1. The van der Waals surface area contributed by atoms with Gasteiger partial charge in [-0.1, -0.05) is 12.1 Å². The summed E-state index contributed by atoms with van der Waals surface area (Å²) in [5.41, 5.74) is -0.615. The minimum Gasteiger partial charge on any atom is -0.506 e. The molecule has 29 heavy (non-hydrogen) atoms. The summed E-state index contributed by atoms with van der Waals surface area (Å²) in [5.74, 6) is -1.01. The van der Waals surface area contributed by atoms with Gasteiger partial charge < -0.3 is 10.2 Å². The van der Waals surface area contributed by atoms with E-state index in [2.05, 4.69) is 9.98 Å². The highest BCUT2D eigenvalue weighted by Crippen LogP contribution is 2.30. The molecule has 3 aromatic rings. The van der Waals surface area contributed by atoms with Gasteiger partial charge in [0.2, 0.25) is 5.88 Å². The normalized spacial score (nSPS) is 11.1. The van der Waals surface area contributed by atoms with E-state index >= 15 is 0 Å². The average Bonchev–Trinajstić information content (AvgIpc) is 2.65. The number of hydrogen-bond donors (Lipinski definition) is 3. The molecule has 0 unspecified atom stereocenters. The number of aryl methyl sites for hydroxylation is 1. The third kappa shape index (κ3) is 3.63. The number of non-ortho nitro benzene ring substituents is 1. The van der Waals surface area contributed by atoms with Crippen LogP contribution < -0.4 is 11.2 Å². The standard InChI is InChI=1S/C19H16N4O6/c1-10-4-3-5-15(11(10)2)22-18(26)13(17(25)21-19(22)27)9-20-14-8-12(23(28)29)6-7-16(14)24/h3-9,24,26H,1-2H3,(H,21,25,27). The topological polar surface area (TPSA) is 151 Å². The Morgan fingerprint density at radius 2 is 1.90 bits per heavy atom. The SMILES string of the molecule is Cc1cccc(-n2c(O)c(C=Nc3cc([N+](=O)[O-])ccc3O)c(=O)[nH]c2=O)c1C. The number of aromatic amines is 1.